The average Bonchev–Trinajstić information content (AvgIpc) is 2.95. The maximum atomic E-state index is 12.1. The van der Waals surface area contributed by atoms with Crippen molar-refractivity contribution in [1.82, 2.24) is 10.3 Å². The van der Waals surface area contributed by atoms with E-state index in [9.17, 15) is 19.5 Å². The van der Waals surface area contributed by atoms with Gasteiger partial charge in [0.2, 0.25) is 0 Å². The molecule has 2 rings (SSSR count). The van der Waals surface area contributed by atoms with Gasteiger partial charge in [-0.25, -0.2) is 4.79 Å². The molecule has 0 aliphatic heterocycles. The summed E-state index contributed by atoms with van der Waals surface area (Å²) in [6.07, 6.45) is 6.22. The van der Waals surface area contributed by atoms with E-state index in [-0.39, 0.29) is 17.4 Å². The Morgan fingerprint density at radius 2 is 1.95 bits per heavy atom. The molecule has 1 aliphatic rings. The highest BCUT2D eigenvalue weighted by Crippen LogP contribution is 2.26. The van der Waals surface area contributed by atoms with Crippen LogP contribution >= 0.6 is 0 Å². The smallest absolute Gasteiger partial charge is 0.326 e. The van der Waals surface area contributed by atoms with Crippen LogP contribution in [-0.2, 0) is 4.79 Å². The largest absolute Gasteiger partial charge is 0.480 e. The Morgan fingerprint density at radius 3 is 2.48 bits per heavy atom. The van der Waals surface area contributed by atoms with Gasteiger partial charge in [-0.3, -0.25) is 9.59 Å². The van der Waals surface area contributed by atoms with E-state index in [1.165, 1.54) is 19.2 Å². The molecule has 1 aromatic rings. The molecule has 1 unspecified atom stereocenters. The third-order valence-electron chi connectivity index (χ3n) is 4.01. The molecule has 21 heavy (non-hydrogen) atoms. The first-order valence-electron chi connectivity index (χ1n) is 7.22. The van der Waals surface area contributed by atoms with Gasteiger partial charge in [0, 0.05) is 11.8 Å². The zero-order valence-electron chi connectivity index (χ0n) is 12.0. The zero-order chi connectivity index (χ0) is 15.4. The summed E-state index contributed by atoms with van der Waals surface area (Å²) in [7, 11) is 0. The summed E-state index contributed by atoms with van der Waals surface area (Å²) in [6, 6.07) is 0.569. The van der Waals surface area contributed by atoms with Crippen molar-refractivity contribution >= 4 is 17.7 Å². The molecule has 114 valence electrons. The van der Waals surface area contributed by atoms with Gasteiger partial charge >= 0.3 is 5.97 Å². The molecule has 0 aromatic carbocycles. The molecule has 1 aromatic heterocycles. The Balaban J connectivity index is 2.06. The maximum Gasteiger partial charge on any atom is 0.326 e. The Kier molecular flexibility index (Phi) is 4.77. The van der Waals surface area contributed by atoms with E-state index in [0.29, 0.717) is 5.56 Å². The summed E-state index contributed by atoms with van der Waals surface area (Å²) in [6.45, 7) is 1.41. The minimum atomic E-state index is -1.01. The van der Waals surface area contributed by atoms with Crippen LogP contribution in [0.15, 0.2) is 12.3 Å². The highest BCUT2D eigenvalue weighted by atomic mass is 16.4. The number of hydrogen-bond donors (Lipinski definition) is 3. The molecular weight excluding hydrogens is 272 g/mol. The number of hydrogen-bond acceptors (Lipinski definition) is 3. The van der Waals surface area contributed by atoms with Gasteiger partial charge in [-0.1, -0.05) is 19.3 Å². The number of carbonyl (C=O) groups is 3. The number of carbonyl (C=O) groups excluding carboxylic acids is 2. The van der Waals surface area contributed by atoms with Gasteiger partial charge in [0.15, 0.2) is 5.78 Å². The lowest BCUT2D eigenvalue weighted by Crippen LogP contribution is -2.46. The second kappa shape index (κ2) is 6.56. The Morgan fingerprint density at radius 1 is 1.29 bits per heavy atom. The van der Waals surface area contributed by atoms with Crippen LogP contribution in [0.1, 0.15) is 59.9 Å². The number of aliphatic carboxylic acids is 1. The van der Waals surface area contributed by atoms with Crippen molar-refractivity contribution in [3.63, 3.8) is 0 Å². The van der Waals surface area contributed by atoms with Crippen molar-refractivity contribution in [3.05, 3.63) is 23.5 Å². The van der Waals surface area contributed by atoms with E-state index in [0.717, 1.165) is 32.1 Å². The molecule has 1 heterocycles. The fraction of sp³-hybridized carbons (Fsp3) is 0.533. The summed E-state index contributed by atoms with van der Waals surface area (Å²) < 4.78 is 0. The summed E-state index contributed by atoms with van der Waals surface area (Å²) >= 11 is 0. The van der Waals surface area contributed by atoms with Crippen molar-refractivity contribution in [2.45, 2.75) is 45.1 Å². The molecule has 0 spiro atoms. The van der Waals surface area contributed by atoms with E-state index in [1.807, 2.05) is 0 Å². The van der Waals surface area contributed by atoms with Crippen LogP contribution in [0.2, 0.25) is 0 Å². The summed E-state index contributed by atoms with van der Waals surface area (Å²) in [5.41, 5.74) is 0.618. The number of H-pyrrole nitrogens is 1. The minimum absolute atomic E-state index is 0.0255. The van der Waals surface area contributed by atoms with Crippen LogP contribution in [0, 0.1) is 5.92 Å². The van der Waals surface area contributed by atoms with Crippen molar-refractivity contribution in [3.8, 4) is 0 Å². The number of nitrogens with one attached hydrogen (secondary N) is 2. The summed E-state index contributed by atoms with van der Waals surface area (Å²) in [5.74, 6) is -1.66. The number of rotatable bonds is 5. The molecule has 0 bridgehead atoms. The lowest BCUT2D eigenvalue weighted by atomic mass is 9.84. The van der Waals surface area contributed by atoms with E-state index in [2.05, 4.69) is 10.3 Å². The minimum Gasteiger partial charge on any atom is -0.480 e. The molecule has 0 saturated heterocycles. The third kappa shape index (κ3) is 3.71. The molecule has 1 aliphatic carbocycles. The number of carboxylic acid groups (broad SMARTS) is 1. The fourth-order valence-electron chi connectivity index (χ4n) is 2.80. The molecule has 1 atom stereocenters. The van der Waals surface area contributed by atoms with Crippen molar-refractivity contribution in [2.24, 2.45) is 5.92 Å². The number of amides is 1. The predicted octanol–water partition coefficient (Wildman–Crippen LogP) is 1.98. The van der Waals surface area contributed by atoms with Gasteiger partial charge in [-0.2, -0.15) is 0 Å². The van der Waals surface area contributed by atoms with E-state index < -0.39 is 17.9 Å². The Hall–Kier alpha value is -2.11. The molecule has 1 saturated carbocycles. The van der Waals surface area contributed by atoms with Gasteiger partial charge in [0.25, 0.3) is 5.91 Å². The number of aromatic amines is 1. The van der Waals surface area contributed by atoms with Gasteiger partial charge in [-0.05, 0) is 31.7 Å². The number of aromatic nitrogens is 1. The normalized spacial score (nSPS) is 17.2. The van der Waals surface area contributed by atoms with Crippen LogP contribution in [0.4, 0.5) is 0 Å². The lowest BCUT2D eigenvalue weighted by Gasteiger charge is -2.27. The first-order valence-corrected chi connectivity index (χ1v) is 7.22. The van der Waals surface area contributed by atoms with Crippen molar-refractivity contribution in [2.75, 3.05) is 0 Å². The number of ketones is 1. The second-order valence-electron chi connectivity index (χ2n) is 5.55. The Labute approximate surface area is 122 Å². The number of Topliss-reactive ketones (excluding diaryl/α,β-unsaturated/α-hetero) is 1. The van der Waals surface area contributed by atoms with Crippen molar-refractivity contribution in [1.29, 1.82) is 0 Å². The summed E-state index contributed by atoms with van der Waals surface area (Å²) in [5, 5.41) is 11.9. The Bertz CT molecular complexity index is 544. The van der Waals surface area contributed by atoms with E-state index >= 15 is 0 Å². The molecule has 3 N–H and O–H groups in total. The molecule has 1 fully saturated rings. The van der Waals surface area contributed by atoms with Crippen LogP contribution in [0.3, 0.4) is 0 Å². The fourth-order valence-corrected chi connectivity index (χ4v) is 2.80. The van der Waals surface area contributed by atoms with Crippen LogP contribution in [-0.4, -0.2) is 33.8 Å². The molecule has 6 heteroatoms. The number of carboxylic acids is 1. The summed E-state index contributed by atoms with van der Waals surface area (Å²) in [4.78, 5) is 37.4. The van der Waals surface area contributed by atoms with Crippen molar-refractivity contribution < 1.29 is 19.5 Å². The maximum absolute atomic E-state index is 12.1. The van der Waals surface area contributed by atoms with E-state index in [4.69, 9.17) is 0 Å². The quantitative estimate of drug-likeness (QED) is 0.722. The topological polar surface area (TPSA) is 99.3 Å². The predicted molar refractivity (Wildman–Crippen MR) is 76.3 cm³/mol. The highest BCUT2D eigenvalue weighted by Gasteiger charge is 2.31. The van der Waals surface area contributed by atoms with Crippen LogP contribution in [0.25, 0.3) is 0 Å². The van der Waals surface area contributed by atoms with Gasteiger partial charge < -0.3 is 15.4 Å². The van der Waals surface area contributed by atoms with Crippen LogP contribution < -0.4 is 5.32 Å². The molecule has 0 radical (unpaired) electrons. The standard InChI is InChI=1S/C15H20N2O4/c1-9(18)11-7-12(16-8-11)14(19)17-13(15(20)21)10-5-3-2-4-6-10/h7-8,10,13,16H,2-6H2,1H3,(H,17,19)(H,20,21). The third-order valence-corrected chi connectivity index (χ3v) is 4.01. The first-order chi connectivity index (χ1) is 9.99. The highest BCUT2D eigenvalue weighted by molar-refractivity contribution is 6.00. The van der Waals surface area contributed by atoms with Crippen LogP contribution in [0.5, 0.6) is 0 Å². The van der Waals surface area contributed by atoms with Gasteiger partial charge in [0.1, 0.15) is 11.7 Å². The van der Waals surface area contributed by atoms with E-state index in [1.54, 1.807) is 0 Å². The van der Waals surface area contributed by atoms with Gasteiger partial charge in [-0.15, -0.1) is 0 Å². The lowest BCUT2D eigenvalue weighted by molar-refractivity contribution is -0.141. The SMILES string of the molecule is CC(=O)c1c[nH]c(C(=O)NC(C(=O)O)C2CCCCC2)c1. The molecule has 6 nitrogen and oxygen atoms in total. The second-order valence-corrected chi connectivity index (χ2v) is 5.55. The molecular formula is C15H20N2O4. The molecule has 1 amide bonds. The van der Waals surface area contributed by atoms with Gasteiger partial charge in [0.05, 0.1) is 0 Å². The first kappa shape index (κ1) is 15.3. The monoisotopic (exact) mass is 292 g/mol. The average molecular weight is 292 g/mol. The zero-order valence-corrected chi connectivity index (χ0v) is 12.0.